The molecule has 2 aromatic heterocycles. The lowest BCUT2D eigenvalue weighted by atomic mass is 10.2. The number of benzene rings is 1. The zero-order valence-corrected chi connectivity index (χ0v) is 17.2. The van der Waals surface area contributed by atoms with E-state index in [2.05, 4.69) is 17.0 Å². The zero-order chi connectivity index (χ0) is 19.0. The van der Waals surface area contributed by atoms with Crippen molar-refractivity contribution in [2.45, 2.75) is 19.9 Å². The summed E-state index contributed by atoms with van der Waals surface area (Å²) in [5, 5.41) is 6.46. The van der Waals surface area contributed by atoms with Crippen molar-refractivity contribution in [2.75, 3.05) is 33.2 Å². The Morgan fingerprint density at radius 2 is 2.04 bits per heavy atom. The van der Waals surface area contributed by atoms with Crippen LogP contribution < -0.4 is 0 Å². The van der Waals surface area contributed by atoms with Gasteiger partial charge in [0.1, 0.15) is 4.83 Å². The van der Waals surface area contributed by atoms with Crippen molar-refractivity contribution in [2.24, 2.45) is 0 Å². The smallest absolute Gasteiger partial charge is 0.264 e. The van der Waals surface area contributed by atoms with Crippen LogP contribution in [0.5, 0.6) is 0 Å². The van der Waals surface area contributed by atoms with E-state index in [1.165, 1.54) is 11.3 Å². The standard InChI is InChI=1S/C20H23ClN4OS/c1-14-16-12-18(19(26)24-9-5-8-23(2)10-11-24)27-20(16)25(22-14)13-15-6-3-4-7-17(15)21/h3-4,6-7,12H,5,8-11,13H2,1-2H3. The average molecular weight is 403 g/mol. The maximum absolute atomic E-state index is 13.0. The van der Waals surface area contributed by atoms with Gasteiger partial charge in [-0.1, -0.05) is 29.8 Å². The van der Waals surface area contributed by atoms with E-state index in [0.29, 0.717) is 6.54 Å². The van der Waals surface area contributed by atoms with Gasteiger partial charge in [-0.25, -0.2) is 0 Å². The first-order valence-electron chi connectivity index (χ1n) is 9.21. The molecule has 4 rings (SSSR count). The van der Waals surface area contributed by atoms with Crippen molar-refractivity contribution in [3.8, 4) is 0 Å². The monoisotopic (exact) mass is 402 g/mol. The number of rotatable bonds is 3. The second-order valence-corrected chi connectivity index (χ2v) is 8.55. The number of hydrogen-bond acceptors (Lipinski definition) is 4. The number of likely N-dealkylation sites (N-methyl/N-ethyl adjacent to an activating group) is 1. The van der Waals surface area contributed by atoms with Crippen molar-refractivity contribution >= 4 is 39.1 Å². The number of fused-ring (bicyclic) bond motifs is 1. The first-order valence-corrected chi connectivity index (χ1v) is 10.4. The summed E-state index contributed by atoms with van der Waals surface area (Å²) < 4.78 is 1.96. The first-order chi connectivity index (χ1) is 13.0. The van der Waals surface area contributed by atoms with Crippen molar-refractivity contribution in [3.63, 3.8) is 0 Å². The molecule has 0 aliphatic carbocycles. The van der Waals surface area contributed by atoms with Crippen LogP contribution in [0, 0.1) is 6.92 Å². The summed E-state index contributed by atoms with van der Waals surface area (Å²) in [6.07, 6.45) is 1.02. The summed E-state index contributed by atoms with van der Waals surface area (Å²) in [7, 11) is 2.11. The Balaban J connectivity index is 1.62. The Kier molecular flexibility index (Phi) is 5.21. The molecule has 1 aliphatic heterocycles. The summed E-state index contributed by atoms with van der Waals surface area (Å²) in [6.45, 7) is 6.18. The highest BCUT2D eigenvalue weighted by atomic mass is 35.5. The molecule has 1 amide bonds. The van der Waals surface area contributed by atoms with Gasteiger partial charge in [-0.2, -0.15) is 5.10 Å². The molecule has 27 heavy (non-hydrogen) atoms. The molecule has 0 unspecified atom stereocenters. The van der Waals surface area contributed by atoms with Crippen LogP contribution in [0.3, 0.4) is 0 Å². The summed E-state index contributed by atoms with van der Waals surface area (Å²) in [4.78, 5) is 19.1. The number of thiophene rings is 1. The number of carbonyl (C=O) groups is 1. The molecule has 0 saturated carbocycles. The van der Waals surface area contributed by atoms with E-state index in [-0.39, 0.29) is 5.91 Å². The summed E-state index contributed by atoms with van der Waals surface area (Å²) in [5.41, 5.74) is 1.98. The molecule has 142 valence electrons. The predicted octanol–water partition coefficient (Wildman–Crippen LogP) is 3.89. The molecular formula is C20H23ClN4OS. The molecule has 0 radical (unpaired) electrons. The predicted molar refractivity (Wildman–Crippen MR) is 111 cm³/mol. The van der Waals surface area contributed by atoms with Crippen molar-refractivity contribution in [1.82, 2.24) is 19.6 Å². The van der Waals surface area contributed by atoms with Crippen LogP contribution in [-0.2, 0) is 6.54 Å². The van der Waals surface area contributed by atoms with Gasteiger partial charge in [0.25, 0.3) is 5.91 Å². The van der Waals surface area contributed by atoms with Crippen LogP contribution in [-0.4, -0.2) is 58.7 Å². The fourth-order valence-corrected chi connectivity index (χ4v) is 4.84. The van der Waals surface area contributed by atoms with E-state index in [0.717, 1.165) is 64.0 Å². The van der Waals surface area contributed by atoms with Crippen LogP contribution in [0.1, 0.15) is 27.3 Å². The summed E-state index contributed by atoms with van der Waals surface area (Å²) in [6, 6.07) is 9.82. The van der Waals surface area contributed by atoms with Crippen LogP contribution in [0.25, 0.3) is 10.2 Å². The number of hydrogen-bond donors (Lipinski definition) is 0. The molecule has 0 atom stereocenters. The molecule has 1 fully saturated rings. The lowest BCUT2D eigenvalue weighted by Crippen LogP contribution is -2.34. The second-order valence-electron chi connectivity index (χ2n) is 7.11. The lowest BCUT2D eigenvalue weighted by Gasteiger charge is -2.19. The Bertz CT molecular complexity index is 980. The molecule has 0 spiro atoms. The molecule has 5 nitrogen and oxygen atoms in total. The van der Waals surface area contributed by atoms with Crippen LogP contribution >= 0.6 is 22.9 Å². The van der Waals surface area contributed by atoms with E-state index in [1.807, 2.05) is 46.8 Å². The number of halogens is 1. The minimum atomic E-state index is 0.134. The number of carbonyl (C=O) groups excluding carboxylic acids is 1. The van der Waals surface area contributed by atoms with Gasteiger partial charge in [-0.05, 0) is 44.6 Å². The van der Waals surface area contributed by atoms with Crippen molar-refractivity contribution in [3.05, 3.63) is 51.5 Å². The molecule has 1 saturated heterocycles. The molecule has 1 aromatic carbocycles. The average Bonchev–Trinajstić information content (AvgIpc) is 3.13. The van der Waals surface area contributed by atoms with E-state index < -0.39 is 0 Å². The Morgan fingerprint density at radius 1 is 1.22 bits per heavy atom. The third-order valence-electron chi connectivity index (χ3n) is 5.10. The summed E-state index contributed by atoms with van der Waals surface area (Å²) >= 11 is 7.85. The number of aryl methyl sites for hydroxylation is 1. The van der Waals surface area contributed by atoms with Gasteiger partial charge in [-0.3, -0.25) is 9.48 Å². The highest BCUT2D eigenvalue weighted by Gasteiger charge is 2.23. The third-order valence-corrected chi connectivity index (χ3v) is 6.61. The van der Waals surface area contributed by atoms with Gasteiger partial charge < -0.3 is 9.80 Å². The van der Waals surface area contributed by atoms with Gasteiger partial charge in [-0.15, -0.1) is 11.3 Å². The molecular weight excluding hydrogens is 380 g/mol. The number of nitrogens with zero attached hydrogens (tertiary/aromatic N) is 4. The fraction of sp³-hybridized carbons (Fsp3) is 0.400. The Morgan fingerprint density at radius 3 is 2.85 bits per heavy atom. The molecule has 3 heterocycles. The van der Waals surface area contributed by atoms with Crippen molar-refractivity contribution < 1.29 is 4.79 Å². The largest absolute Gasteiger partial charge is 0.337 e. The Labute approximate surface area is 168 Å². The summed E-state index contributed by atoms with van der Waals surface area (Å²) in [5.74, 6) is 0.134. The zero-order valence-electron chi connectivity index (χ0n) is 15.6. The number of amides is 1. The molecule has 0 bridgehead atoms. The van der Waals surface area contributed by atoms with Crippen LogP contribution in [0.4, 0.5) is 0 Å². The third kappa shape index (κ3) is 3.74. The van der Waals surface area contributed by atoms with E-state index >= 15 is 0 Å². The van der Waals surface area contributed by atoms with E-state index in [4.69, 9.17) is 11.6 Å². The SMILES string of the molecule is Cc1nn(Cc2ccccc2Cl)c2sc(C(=O)N3CCCN(C)CC3)cc12. The normalized spacial score (nSPS) is 16.0. The van der Waals surface area contributed by atoms with Gasteiger partial charge in [0.15, 0.2) is 0 Å². The van der Waals surface area contributed by atoms with Gasteiger partial charge in [0, 0.05) is 30.0 Å². The second kappa shape index (κ2) is 7.62. The van der Waals surface area contributed by atoms with E-state index in [1.54, 1.807) is 0 Å². The van der Waals surface area contributed by atoms with Gasteiger partial charge in [0.2, 0.25) is 0 Å². The molecule has 7 heteroatoms. The highest BCUT2D eigenvalue weighted by molar-refractivity contribution is 7.20. The van der Waals surface area contributed by atoms with Crippen molar-refractivity contribution in [1.29, 1.82) is 0 Å². The molecule has 0 N–H and O–H groups in total. The van der Waals surface area contributed by atoms with Gasteiger partial charge in [0.05, 0.1) is 17.1 Å². The molecule has 3 aromatic rings. The number of aromatic nitrogens is 2. The maximum atomic E-state index is 13.0. The Hall–Kier alpha value is -1.89. The van der Waals surface area contributed by atoms with E-state index in [9.17, 15) is 4.79 Å². The highest BCUT2D eigenvalue weighted by Crippen LogP contribution is 2.30. The first kappa shape index (κ1) is 18.5. The quantitative estimate of drug-likeness (QED) is 0.667. The maximum Gasteiger partial charge on any atom is 0.264 e. The van der Waals surface area contributed by atoms with Crippen LogP contribution in [0.15, 0.2) is 30.3 Å². The van der Waals surface area contributed by atoms with Crippen LogP contribution in [0.2, 0.25) is 5.02 Å². The molecule has 1 aliphatic rings. The minimum Gasteiger partial charge on any atom is -0.337 e. The lowest BCUT2D eigenvalue weighted by molar-refractivity contribution is 0.0767. The fourth-order valence-electron chi connectivity index (χ4n) is 3.52. The topological polar surface area (TPSA) is 41.4 Å². The van der Waals surface area contributed by atoms with Gasteiger partial charge >= 0.3 is 0 Å². The minimum absolute atomic E-state index is 0.134.